The average Bonchev–Trinajstić information content (AvgIpc) is 3.18. The summed E-state index contributed by atoms with van der Waals surface area (Å²) < 4.78 is 31.7. The first-order valence-electron chi connectivity index (χ1n) is 8.79. The van der Waals surface area contributed by atoms with Crippen LogP contribution < -0.4 is 10.5 Å². The number of ether oxygens (including phenoxy) is 3. The monoisotopic (exact) mass is 388 g/mol. The quantitative estimate of drug-likeness (QED) is 0.810. The number of hydrogen-bond donors (Lipinski definition) is 1. The Labute approximate surface area is 160 Å². The lowest BCUT2D eigenvalue weighted by Crippen LogP contribution is -2.57. The molecule has 2 aromatic carbocycles. The summed E-state index contributed by atoms with van der Waals surface area (Å²) in [5.41, 5.74) is 6.89. The van der Waals surface area contributed by atoms with Gasteiger partial charge in [0.05, 0.1) is 6.61 Å². The first-order valence-corrected chi connectivity index (χ1v) is 9.17. The first kappa shape index (κ1) is 16.8. The van der Waals surface area contributed by atoms with Crippen LogP contribution in [0.25, 0.3) is 11.1 Å². The van der Waals surface area contributed by atoms with Crippen LogP contribution in [-0.4, -0.2) is 30.9 Å². The van der Waals surface area contributed by atoms with Crippen molar-refractivity contribution in [2.75, 3.05) is 13.2 Å². The van der Waals surface area contributed by atoms with E-state index in [1.54, 1.807) is 6.07 Å². The maximum atomic E-state index is 13.8. The highest BCUT2D eigenvalue weighted by Crippen LogP contribution is 2.53. The average molecular weight is 389 g/mol. The second kappa shape index (κ2) is 5.59. The van der Waals surface area contributed by atoms with Gasteiger partial charge in [0.25, 0.3) is 6.02 Å². The van der Waals surface area contributed by atoms with Crippen molar-refractivity contribution in [1.29, 1.82) is 0 Å². The molecule has 2 N–H and O–H groups in total. The molecular formula is C20H18ClFN2O3. The Balaban J connectivity index is 1.70. The molecule has 0 saturated carbocycles. The number of amidine groups is 1. The zero-order chi connectivity index (χ0) is 18.8. The summed E-state index contributed by atoms with van der Waals surface area (Å²) in [5, 5.41) is 0.340. The highest BCUT2D eigenvalue weighted by molar-refractivity contribution is 6.30. The second-order valence-corrected chi connectivity index (χ2v) is 7.88. The van der Waals surface area contributed by atoms with E-state index in [0.29, 0.717) is 22.9 Å². The van der Waals surface area contributed by atoms with Gasteiger partial charge in [-0.25, -0.2) is 9.38 Å². The Morgan fingerprint density at radius 1 is 1.22 bits per heavy atom. The summed E-state index contributed by atoms with van der Waals surface area (Å²) in [6.07, 6.45) is 0.445. The van der Waals surface area contributed by atoms with Crippen LogP contribution in [0.15, 0.2) is 41.4 Å². The van der Waals surface area contributed by atoms with E-state index in [9.17, 15) is 4.39 Å². The van der Waals surface area contributed by atoms with Gasteiger partial charge < -0.3 is 19.9 Å². The van der Waals surface area contributed by atoms with Gasteiger partial charge in [-0.3, -0.25) is 0 Å². The standard InChI is InChI=1S/C20H18ClFN2O3/c1-19-4-5-25-17(19)20(10-26-18(23)24-20)15-8-11(2-3-16(15)27-19)12-6-13(21)9-14(22)7-12/h2-3,6-9,17H,4-5,10H2,1H3,(H2,23,24)/t17-,19+,20?/m1/s1. The van der Waals surface area contributed by atoms with E-state index in [2.05, 4.69) is 4.99 Å². The maximum Gasteiger partial charge on any atom is 0.283 e. The molecule has 0 amide bonds. The molecule has 1 spiro atoms. The third-order valence-corrected chi connectivity index (χ3v) is 5.82. The normalized spacial score (nSPS) is 31.1. The van der Waals surface area contributed by atoms with Gasteiger partial charge in [-0.15, -0.1) is 0 Å². The van der Waals surface area contributed by atoms with Gasteiger partial charge in [0.1, 0.15) is 29.9 Å². The van der Waals surface area contributed by atoms with Gasteiger partial charge in [0, 0.05) is 17.0 Å². The van der Waals surface area contributed by atoms with Crippen molar-refractivity contribution in [3.8, 4) is 16.9 Å². The molecule has 27 heavy (non-hydrogen) atoms. The largest absolute Gasteiger partial charge is 0.484 e. The molecule has 7 heteroatoms. The molecule has 3 atom stereocenters. The van der Waals surface area contributed by atoms with E-state index in [1.165, 1.54) is 12.1 Å². The summed E-state index contributed by atoms with van der Waals surface area (Å²) in [6, 6.07) is 10.3. The van der Waals surface area contributed by atoms with E-state index in [1.807, 2.05) is 25.1 Å². The molecule has 1 unspecified atom stereocenters. The Morgan fingerprint density at radius 2 is 2.07 bits per heavy atom. The first-order chi connectivity index (χ1) is 12.9. The van der Waals surface area contributed by atoms with Gasteiger partial charge in [-0.2, -0.15) is 0 Å². The number of halogens is 2. The van der Waals surface area contributed by atoms with Crippen molar-refractivity contribution in [1.82, 2.24) is 0 Å². The SMILES string of the molecule is C[C@]12CCO[C@H]1C1(COC(N)=N1)c1cc(-c3cc(F)cc(Cl)c3)ccc1O2. The van der Waals surface area contributed by atoms with Crippen molar-refractivity contribution in [2.45, 2.75) is 30.6 Å². The minimum Gasteiger partial charge on any atom is -0.484 e. The predicted octanol–water partition coefficient (Wildman–Crippen LogP) is 3.63. The fraction of sp³-hybridized carbons (Fsp3) is 0.350. The van der Waals surface area contributed by atoms with Crippen LogP contribution in [0.5, 0.6) is 5.75 Å². The molecule has 1 fully saturated rings. The zero-order valence-electron chi connectivity index (χ0n) is 14.7. The fourth-order valence-corrected chi connectivity index (χ4v) is 4.62. The van der Waals surface area contributed by atoms with Crippen LogP contribution >= 0.6 is 11.6 Å². The van der Waals surface area contributed by atoms with Crippen LogP contribution in [0.4, 0.5) is 4.39 Å². The van der Waals surface area contributed by atoms with Crippen molar-refractivity contribution in [2.24, 2.45) is 10.7 Å². The van der Waals surface area contributed by atoms with Gasteiger partial charge in [0.15, 0.2) is 5.54 Å². The number of rotatable bonds is 1. The van der Waals surface area contributed by atoms with Gasteiger partial charge in [-0.1, -0.05) is 17.7 Å². The molecule has 2 aromatic rings. The maximum absolute atomic E-state index is 13.8. The van der Waals surface area contributed by atoms with Gasteiger partial charge >= 0.3 is 0 Å². The summed E-state index contributed by atoms with van der Waals surface area (Å²) >= 11 is 6.03. The summed E-state index contributed by atoms with van der Waals surface area (Å²) in [4.78, 5) is 4.65. The molecule has 1 saturated heterocycles. The van der Waals surface area contributed by atoms with Crippen LogP contribution in [0.2, 0.25) is 5.02 Å². The molecule has 5 nitrogen and oxygen atoms in total. The lowest BCUT2D eigenvalue weighted by Gasteiger charge is -2.45. The number of nitrogens with zero attached hydrogens (tertiary/aromatic N) is 1. The highest BCUT2D eigenvalue weighted by atomic mass is 35.5. The van der Waals surface area contributed by atoms with Crippen molar-refractivity contribution in [3.63, 3.8) is 0 Å². The fourth-order valence-electron chi connectivity index (χ4n) is 4.40. The minimum absolute atomic E-state index is 0.139. The van der Waals surface area contributed by atoms with E-state index in [4.69, 9.17) is 31.5 Å². The molecule has 0 bridgehead atoms. The lowest BCUT2D eigenvalue weighted by atomic mass is 9.74. The topological polar surface area (TPSA) is 66.1 Å². The van der Waals surface area contributed by atoms with E-state index in [0.717, 1.165) is 17.5 Å². The zero-order valence-corrected chi connectivity index (χ0v) is 15.4. The summed E-state index contributed by atoms with van der Waals surface area (Å²) in [6.45, 7) is 2.89. The van der Waals surface area contributed by atoms with E-state index in [-0.39, 0.29) is 24.5 Å². The van der Waals surface area contributed by atoms with Crippen LogP contribution in [0, 0.1) is 5.82 Å². The predicted molar refractivity (Wildman–Crippen MR) is 99.5 cm³/mol. The Kier molecular flexibility index (Phi) is 3.49. The van der Waals surface area contributed by atoms with Crippen molar-refractivity contribution >= 4 is 17.6 Å². The number of nitrogens with two attached hydrogens (primary N) is 1. The van der Waals surface area contributed by atoms with Gasteiger partial charge in [-0.05, 0) is 48.4 Å². The third kappa shape index (κ3) is 2.43. The van der Waals surface area contributed by atoms with Crippen LogP contribution in [0.1, 0.15) is 18.9 Å². The van der Waals surface area contributed by atoms with E-state index >= 15 is 0 Å². The summed E-state index contributed by atoms with van der Waals surface area (Å²) in [5.74, 6) is 0.326. The van der Waals surface area contributed by atoms with Crippen molar-refractivity contribution < 1.29 is 18.6 Å². The lowest BCUT2D eigenvalue weighted by molar-refractivity contribution is -0.0755. The summed E-state index contributed by atoms with van der Waals surface area (Å²) in [7, 11) is 0. The smallest absolute Gasteiger partial charge is 0.283 e. The van der Waals surface area contributed by atoms with Crippen molar-refractivity contribution in [3.05, 3.63) is 52.8 Å². The molecule has 0 radical (unpaired) electrons. The molecule has 3 aliphatic rings. The molecule has 0 aliphatic carbocycles. The minimum atomic E-state index is -0.782. The Morgan fingerprint density at radius 3 is 2.81 bits per heavy atom. The van der Waals surface area contributed by atoms with Crippen LogP contribution in [-0.2, 0) is 15.0 Å². The molecule has 3 heterocycles. The highest BCUT2D eigenvalue weighted by Gasteiger charge is 2.62. The molecule has 140 valence electrons. The number of benzene rings is 2. The Hall–Kier alpha value is -2.31. The number of hydrogen-bond acceptors (Lipinski definition) is 5. The number of fused-ring (bicyclic) bond motifs is 4. The Bertz CT molecular complexity index is 961. The number of aliphatic imine (C=N–C) groups is 1. The molecule has 3 aliphatic heterocycles. The van der Waals surface area contributed by atoms with Crippen LogP contribution in [0.3, 0.4) is 0 Å². The van der Waals surface area contributed by atoms with E-state index < -0.39 is 11.1 Å². The molecular weight excluding hydrogens is 371 g/mol. The molecule has 5 rings (SSSR count). The molecule has 0 aromatic heterocycles. The second-order valence-electron chi connectivity index (χ2n) is 7.45. The third-order valence-electron chi connectivity index (χ3n) is 5.61. The van der Waals surface area contributed by atoms with Gasteiger partial charge in [0.2, 0.25) is 0 Å².